The van der Waals surface area contributed by atoms with Gasteiger partial charge in [-0.25, -0.2) is 15.0 Å². The molecular formula is C39H23N3O. The van der Waals surface area contributed by atoms with E-state index < -0.39 is 131 Å². The highest BCUT2D eigenvalue weighted by molar-refractivity contribution is 6.19. The number of hydrogen-bond acceptors (Lipinski definition) is 4. The Hall–Kier alpha value is -5.87. The second kappa shape index (κ2) is 9.33. The van der Waals surface area contributed by atoms with Gasteiger partial charge in [-0.2, -0.15) is 0 Å². The summed E-state index contributed by atoms with van der Waals surface area (Å²) in [5.74, 6) is -1.02. The molecule has 200 valence electrons. The van der Waals surface area contributed by atoms with Gasteiger partial charge in [0, 0.05) is 27.5 Å². The molecule has 0 fully saturated rings. The Labute approximate surface area is 272 Å². The standard InChI is InChI=1S/C39H23N3O/c1-2-11-25(12-3-1)37-40-38(42-39(41-37)33-17-9-19-35-36(33)32-14-6-7-18-34(32)43-35)31-16-8-15-27-29-21-20-24-10-4-5-13-26(24)28(29)22-23-30(27)31/h1-23H/i4D,5D,6D,7D,8D,9D,10D,13D,14D,15D,16D,17D,18D,19D,20D,21D,22D,23D. The van der Waals surface area contributed by atoms with Crippen molar-refractivity contribution in [3.05, 3.63) is 139 Å². The van der Waals surface area contributed by atoms with Crippen LogP contribution in [0, 0.1) is 0 Å². The van der Waals surface area contributed by atoms with Gasteiger partial charge < -0.3 is 4.42 Å². The number of benzene rings is 7. The van der Waals surface area contributed by atoms with Crippen LogP contribution in [-0.2, 0) is 0 Å². The summed E-state index contributed by atoms with van der Waals surface area (Å²) in [4.78, 5) is 13.9. The van der Waals surface area contributed by atoms with E-state index >= 15 is 0 Å². The topological polar surface area (TPSA) is 51.8 Å². The molecule has 9 aromatic rings. The Morgan fingerprint density at radius 2 is 1.05 bits per heavy atom. The van der Waals surface area contributed by atoms with Crippen LogP contribution in [0.5, 0.6) is 0 Å². The molecule has 9 rings (SSSR count). The molecule has 0 atom stereocenters. The Bertz CT molecular complexity index is 3520. The lowest BCUT2D eigenvalue weighted by Crippen LogP contribution is -2.00. The van der Waals surface area contributed by atoms with E-state index in [-0.39, 0.29) is 60.3 Å². The molecule has 0 spiro atoms. The average molecular weight is 568 g/mol. The molecule has 2 aromatic heterocycles. The zero-order valence-corrected chi connectivity index (χ0v) is 21.6. The molecule has 0 radical (unpaired) electrons. The van der Waals surface area contributed by atoms with Crippen molar-refractivity contribution >= 4 is 54.3 Å². The van der Waals surface area contributed by atoms with E-state index in [0.29, 0.717) is 5.56 Å². The number of hydrogen-bond donors (Lipinski definition) is 0. The zero-order valence-electron chi connectivity index (χ0n) is 39.6. The van der Waals surface area contributed by atoms with Crippen molar-refractivity contribution in [3.63, 3.8) is 0 Å². The Morgan fingerprint density at radius 1 is 0.442 bits per heavy atom. The van der Waals surface area contributed by atoms with Crippen LogP contribution >= 0.6 is 0 Å². The third kappa shape index (κ3) is 3.74. The molecule has 0 bridgehead atoms. The van der Waals surface area contributed by atoms with Crippen LogP contribution in [0.1, 0.15) is 24.7 Å². The van der Waals surface area contributed by atoms with E-state index in [4.69, 9.17) is 25.0 Å². The Morgan fingerprint density at radius 3 is 1.95 bits per heavy atom. The third-order valence-corrected chi connectivity index (χ3v) is 7.00. The van der Waals surface area contributed by atoms with Crippen LogP contribution < -0.4 is 0 Å². The van der Waals surface area contributed by atoms with Crippen LogP contribution in [0.3, 0.4) is 0 Å². The third-order valence-electron chi connectivity index (χ3n) is 7.00. The van der Waals surface area contributed by atoms with E-state index in [1.54, 1.807) is 30.3 Å². The summed E-state index contributed by atoms with van der Waals surface area (Å²) < 4.78 is 164. The van der Waals surface area contributed by atoms with Gasteiger partial charge in [0.1, 0.15) is 11.2 Å². The van der Waals surface area contributed by atoms with E-state index in [9.17, 15) is 4.11 Å². The smallest absolute Gasteiger partial charge is 0.164 e. The summed E-state index contributed by atoms with van der Waals surface area (Å²) >= 11 is 0. The molecule has 0 saturated carbocycles. The monoisotopic (exact) mass is 567 g/mol. The Balaban J connectivity index is 1.50. The van der Waals surface area contributed by atoms with Crippen LogP contribution in [0.15, 0.2) is 144 Å². The first-order chi connectivity index (χ1) is 28.8. The number of fused-ring (bicyclic) bond motifs is 8. The quantitative estimate of drug-likeness (QED) is 0.199. The van der Waals surface area contributed by atoms with E-state index in [1.807, 2.05) is 0 Å². The number of para-hydroxylation sites is 1. The molecule has 4 nitrogen and oxygen atoms in total. The predicted octanol–water partition coefficient (Wildman–Crippen LogP) is 10.2. The lowest BCUT2D eigenvalue weighted by Gasteiger charge is -2.12. The summed E-state index contributed by atoms with van der Waals surface area (Å²) in [6.45, 7) is 0. The van der Waals surface area contributed by atoms with E-state index in [1.165, 1.54) is 0 Å². The largest absolute Gasteiger partial charge is 0.456 e. The van der Waals surface area contributed by atoms with Gasteiger partial charge in [-0.3, -0.25) is 0 Å². The maximum atomic E-state index is 9.38. The van der Waals surface area contributed by atoms with Gasteiger partial charge in [0.05, 0.1) is 24.7 Å². The second-order valence-corrected chi connectivity index (χ2v) is 9.43. The highest BCUT2D eigenvalue weighted by Gasteiger charge is 2.19. The van der Waals surface area contributed by atoms with Gasteiger partial charge in [0.15, 0.2) is 17.5 Å². The van der Waals surface area contributed by atoms with Crippen LogP contribution in [0.4, 0.5) is 0 Å². The minimum Gasteiger partial charge on any atom is -0.456 e. The molecule has 0 aliphatic rings. The fraction of sp³-hybridized carbons (Fsp3) is 0. The maximum Gasteiger partial charge on any atom is 0.164 e. The summed E-state index contributed by atoms with van der Waals surface area (Å²) in [5, 5.41) is -2.67. The van der Waals surface area contributed by atoms with Gasteiger partial charge in [-0.1, -0.05) is 127 Å². The minimum atomic E-state index is -0.766. The molecule has 0 aliphatic heterocycles. The van der Waals surface area contributed by atoms with Crippen LogP contribution in [0.25, 0.3) is 88.4 Å². The van der Waals surface area contributed by atoms with Gasteiger partial charge in [0.25, 0.3) is 0 Å². The number of nitrogens with zero attached hydrogens (tertiary/aromatic N) is 3. The van der Waals surface area contributed by atoms with Crippen molar-refractivity contribution in [1.82, 2.24) is 15.0 Å². The Kier molecular flexibility index (Phi) is 2.64. The highest BCUT2D eigenvalue weighted by Crippen LogP contribution is 2.38. The molecule has 0 unspecified atom stereocenters. The molecular weight excluding hydrogens is 526 g/mol. The molecule has 43 heavy (non-hydrogen) atoms. The van der Waals surface area contributed by atoms with Gasteiger partial charge in [0.2, 0.25) is 0 Å². The summed E-state index contributed by atoms with van der Waals surface area (Å²) in [6.07, 6.45) is 0. The highest BCUT2D eigenvalue weighted by atomic mass is 16.3. The summed E-state index contributed by atoms with van der Waals surface area (Å²) in [6, 6.07) is -3.84. The normalized spacial score (nSPS) is 17.6. The van der Waals surface area contributed by atoms with E-state index in [0.717, 1.165) is 0 Å². The van der Waals surface area contributed by atoms with Crippen LogP contribution in [-0.4, -0.2) is 15.0 Å². The van der Waals surface area contributed by atoms with Gasteiger partial charge >= 0.3 is 0 Å². The second-order valence-electron chi connectivity index (χ2n) is 9.43. The number of rotatable bonds is 3. The van der Waals surface area contributed by atoms with Crippen molar-refractivity contribution in [1.29, 1.82) is 0 Å². The molecule has 7 aromatic carbocycles. The molecule has 0 saturated heterocycles. The van der Waals surface area contributed by atoms with Crippen molar-refractivity contribution < 1.29 is 29.1 Å². The fourth-order valence-electron chi connectivity index (χ4n) is 5.07. The lowest BCUT2D eigenvalue weighted by atomic mass is 9.95. The predicted molar refractivity (Wildman–Crippen MR) is 176 cm³/mol. The van der Waals surface area contributed by atoms with E-state index in [2.05, 4.69) is 15.0 Å². The number of furan rings is 1. The first kappa shape index (κ1) is 12.2. The lowest BCUT2D eigenvalue weighted by molar-refractivity contribution is 0.669. The molecule has 0 N–H and O–H groups in total. The molecule has 2 heterocycles. The fourth-order valence-corrected chi connectivity index (χ4v) is 5.07. The summed E-state index contributed by atoms with van der Waals surface area (Å²) in [7, 11) is 0. The van der Waals surface area contributed by atoms with Crippen LogP contribution in [0.2, 0.25) is 0 Å². The first-order valence-corrected chi connectivity index (χ1v) is 12.9. The zero-order chi connectivity index (χ0) is 44.0. The van der Waals surface area contributed by atoms with Crippen molar-refractivity contribution in [2.45, 2.75) is 0 Å². The maximum absolute atomic E-state index is 9.38. The van der Waals surface area contributed by atoms with Crippen molar-refractivity contribution in [2.24, 2.45) is 0 Å². The molecule has 4 heteroatoms. The first-order valence-electron chi connectivity index (χ1n) is 21.9. The van der Waals surface area contributed by atoms with Crippen molar-refractivity contribution in [3.8, 4) is 34.2 Å². The SMILES string of the molecule is [2H]c1c([2H])c([2H])c2c(oc3c([2H])c([2H])c([2H])c(-c4nc(-c5ccccc5)nc(-c5c([2H])c([2H])c([2H])c6c5c([2H])c([2H])c5c7c([2H])c([2H])c([2H])c([2H])c7c([2H])c([2H])c65)n4)c32)c1[2H]. The number of aromatic nitrogens is 3. The molecule has 0 amide bonds. The minimum absolute atomic E-state index is 0.131. The van der Waals surface area contributed by atoms with Gasteiger partial charge in [-0.15, -0.1) is 0 Å². The summed E-state index contributed by atoms with van der Waals surface area (Å²) in [5.41, 5.74) is -1.16. The molecule has 0 aliphatic carbocycles. The average Bonchev–Trinajstić information content (AvgIpc) is 3.65. The van der Waals surface area contributed by atoms with Crippen molar-refractivity contribution in [2.75, 3.05) is 0 Å². The van der Waals surface area contributed by atoms with Gasteiger partial charge in [-0.05, 0) is 44.4 Å².